The Hall–Kier alpha value is -1.03. The number of anilines is 1. The first-order chi connectivity index (χ1) is 9.15. The molecule has 0 spiro atoms. The molecule has 19 heavy (non-hydrogen) atoms. The third-order valence-corrected chi connectivity index (χ3v) is 3.19. The number of rotatable bonds is 1. The average molecular weight is 317 g/mol. The largest absolute Gasteiger partial charge is 0.356 e. The van der Waals surface area contributed by atoms with Crippen LogP contribution in [0.4, 0.5) is 5.82 Å². The van der Waals surface area contributed by atoms with Crippen LogP contribution in [-0.2, 0) is 0 Å². The fraction of sp³-hybridized carbons (Fsp3) is 0.231. The van der Waals surface area contributed by atoms with Crippen molar-refractivity contribution in [1.82, 2.24) is 9.97 Å². The van der Waals surface area contributed by atoms with Gasteiger partial charge in [-0.15, -0.1) is 0 Å². The molecule has 3 heterocycles. The van der Waals surface area contributed by atoms with Crippen LogP contribution >= 0.6 is 34.8 Å². The van der Waals surface area contributed by atoms with Gasteiger partial charge in [0.2, 0.25) is 0 Å². The van der Waals surface area contributed by atoms with Crippen LogP contribution in [0.3, 0.4) is 0 Å². The highest BCUT2D eigenvalue weighted by Crippen LogP contribution is 2.19. The van der Waals surface area contributed by atoms with Crippen molar-refractivity contribution in [3.63, 3.8) is 0 Å². The van der Waals surface area contributed by atoms with Gasteiger partial charge < -0.3 is 4.90 Å². The summed E-state index contributed by atoms with van der Waals surface area (Å²) < 4.78 is 0. The highest BCUT2D eigenvalue weighted by molar-refractivity contribution is 6.32. The fourth-order valence-electron chi connectivity index (χ4n) is 1.50. The zero-order valence-electron chi connectivity index (χ0n) is 10.1. The molecule has 3 nitrogen and oxygen atoms in total. The predicted molar refractivity (Wildman–Crippen MR) is 80.3 cm³/mol. The van der Waals surface area contributed by atoms with Crippen LogP contribution in [0.15, 0.2) is 36.4 Å². The number of hydrogen-bond donors (Lipinski definition) is 0. The van der Waals surface area contributed by atoms with Crippen molar-refractivity contribution in [3.8, 4) is 0 Å². The molecule has 0 amide bonds. The second-order valence-electron chi connectivity index (χ2n) is 3.94. The van der Waals surface area contributed by atoms with Gasteiger partial charge in [0.05, 0.1) is 0 Å². The van der Waals surface area contributed by atoms with Gasteiger partial charge in [-0.2, -0.15) is 0 Å². The molecule has 1 fully saturated rings. The van der Waals surface area contributed by atoms with Crippen molar-refractivity contribution in [3.05, 3.63) is 51.9 Å². The minimum Gasteiger partial charge on any atom is -0.356 e. The average Bonchev–Trinajstić information content (AvgIpc) is 2.27. The molecule has 0 N–H and O–H groups in total. The van der Waals surface area contributed by atoms with E-state index in [1.165, 1.54) is 6.42 Å². The van der Waals surface area contributed by atoms with Crippen LogP contribution in [0.2, 0.25) is 15.5 Å². The van der Waals surface area contributed by atoms with Crippen LogP contribution in [0.1, 0.15) is 6.42 Å². The van der Waals surface area contributed by atoms with E-state index in [2.05, 4.69) is 14.9 Å². The van der Waals surface area contributed by atoms with E-state index < -0.39 is 0 Å². The van der Waals surface area contributed by atoms with Gasteiger partial charge in [-0.3, -0.25) is 0 Å². The zero-order valence-corrected chi connectivity index (χ0v) is 12.3. The molecule has 1 saturated heterocycles. The van der Waals surface area contributed by atoms with Crippen LogP contribution in [0.25, 0.3) is 0 Å². The van der Waals surface area contributed by atoms with Crippen molar-refractivity contribution in [2.75, 3.05) is 18.0 Å². The Kier molecular flexibility index (Phi) is 5.25. The fourth-order valence-corrected chi connectivity index (χ4v) is 2.03. The van der Waals surface area contributed by atoms with Gasteiger partial charge in [-0.25, -0.2) is 9.97 Å². The Labute approximate surface area is 127 Å². The Bertz CT molecular complexity index is 527. The van der Waals surface area contributed by atoms with Crippen molar-refractivity contribution < 1.29 is 0 Å². The monoisotopic (exact) mass is 315 g/mol. The second kappa shape index (κ2) is 6.94. The lowest BCUT2D eigenvalue weighted by Gasteiger charge is -2.31. The van der Waals surface area contributed by atoms with Crippen LogP contribution < -0.4 is 4.90 Å². The van der Waals surface area contributed by atoms with Gasteiger partial charge in [-0.1, -0.05) is 46.9 Å². The summed E-state index contributed by atoms with van der Waals surface area (Å²) >= 11 is 16.6. The molecule has 3 rings (SSSR count). The van der Waals surface area contributed by atoms with Gasteiger partial charge in [0.1, 0.15) is 21.3 Å². The van der Waals surface area contributed by atoms with E-state index in [1.807, 2.05) is 12.1 Å². The first-order valence-electron chi connectivity index (χ1n) is 5.81. The molecule has 0 saturated carbocycles. The van der Waals surface area contributed by atoms with Gasteiger partial charge in [0, 0.05) is 13.1 Å². The topological polar surface area (TPSA) is 29.0 Å². The summed E-state index contributed by atoms with van der Waals surface area (Å²) in [5, 5.41) is 1.43. The molecule has 0 atom stereocenters. The molecular weight excluding hydrogens is 305 g/mol. The van der Waals surface area contributed by atoms with Crippen molar-refractivity contribution in [2.24, 2.45) is 0 Å². The molecule has 100 valence electrons. The molecule has 0 bridgehead atoms. The smallest absolute Gasteiger partial charge is 0.131 e. The van der Waals surface area contributed by atoms with E-state index in [1.54, 1.807) is 24.3 Å². The lowest BCUT2D eigenvalue weighted by molar-refractivity contribution is 0.610. The van der Waals surface area contributed by atoms with Crippen molar-refractivity contribution in [1.29, 1.82) is 0 Å². The summed E-state index contributed by atoms with van der Waals surface area (Å²) in [6.45, 7) is 2.24. The molecule has 0 unspecified atom stereocenters. The Balaban J connectivity index is 0.000000148. The summed E-state index contributed by atoms with van der Waals surface area (Å²) in [6.07, 6.45) is 1.27. The quantitative estimate of drug-likeness (QED) is 0.733. The van der Waals surface area contributed by atoms with Crippen molar-refractivity contribution >= 4 is 40.6 Å². The molecule has 2 aromatic rings. The SMILES string of the molecule is Clc1cccc(Cl)n1.Clc1cccc(N2CCC2)n1. The lowest BCUT2D eigenvalue weighted by Crippen LogP contribution is -2.37. The standard InChI is InChI=1S/C8H9ClN2.C5H3Cl2N/c9-7-3-1-4-8(10-7)11-5-2-6-11;6-4-2-1-3-5(7)8-4/h1,3-4H,2,5-6H2;1-3H. The molecule has 2 aromatic heterocycles. The highest BCUT2D eigenvalue weighted by atomic mass is 35.5. The van der Waals surface area contributed by atoms with Crippen LogP contribution in [0, 0.1) is 0 Å². The summed E-state index contributed by atoms with van der Waals surface area (Å²) in [7, 11) is 0. The van der Waals surface area contributed by atoms with E-state index in [0.29, 0.717) is 15.5 Å². The summed E-state index contributed by atoms with van der Waals surface area (Å²) in [5.41, 5.74) is 0. The Morgan fingerprint density at radius 2 is 1.32 bits per heavy atom. The third kappa shape index (κ3) is 4.53. The third-order valence-electron chi connectivity index (χ3n) is 2.56. The predicted octanol–water partition coefficient (Wildman–Crippen LogP) is 4.33. The van der Waals surface area contributed by atoms with Gasteiger partial charge >= 0.3 is 0 Å². The maximum absolute atomic E-state index is 5.73. The molecular formula is C13H12Cl3N3. The first kappa shape index (κ1) is 14.4. The number of pyridine rings is 2. The highest BCUT2D eigenvalue weighted by Gasteiger charge is 2.14. The van der Waals surface area contributed by atoms with E-state index in [-0.39, 0.29) is 0 Å². The maximum Gasteiger partial charge on any atom is 0.131 e. The van der Waals surface area contributed by atoms with Crippen molar-refractivity contribution in [2.45, 2.75) is 6.42 Å². The zero-order chi connectivity index (χ0) is 13.7. The van der Waals surface area contributed by atoms with E-state index >= 15 is 0 Å². The first-order valence-corrected chi connectivity index (χ1v) is 6.94. The van der Waals surface area contributed by atoms with Crippen LogP contribution in [0.5, 0.6) is 0 Å². The van der Waals surface area contributed by atoms with E-state index in [0.717, 1.165) is 18.9 Å². The summed E-state index contributed by atoms with van der Waals surface area (Å²) in [5.74, 6) is 1.00. The summed E-state index contributed by atoms with van der Waals surface area (Å²) in [6, 6.07) is 10.8. The van der Waals surface area contributed by atoms with E-state index in [4.69, 9.17) is 34.8 Å². The number of nitrogens with zero attached hydrogens (tertiary/aromatic N) is 3. The second-order valence-corrected chi connectivity index (χ2v) is 5.10. The number of halogens is 3. The minimum atomic E-state index is 0.428. The number of aromatic nitrogens is 2. The molecule has 0 radical (unpaired) electrons. The van der Waals surface area contributed by atoms with Gasteiger partial charge in [0.15, 0.2) is 0 Å². The Morgan fingerprint density at radius 1 is 0.789 bits per heavy atom. The molecule has 1 aliphatic rings. The molecule has 0 aliphatic carbocycles. The number of hydrogen-bond acceptors (Lipinski definition) is 3. The maximum atomic E-state index is 5.73. The molecule has 1 aliphatic heterocycles. The van der Waals surface area contributed by atoms with Gasteiger partial charge in [-0.05, 0) is 30.7 Å². The minimum absolute atomic E-state index is 0.428. The van der Waals surface area contributed by atoms with E-state index in [9.17, 15) is 0 Å². The molecule has 6 heteroatoms. The molecule has 0 aromatic carbocycles. The van der Waals surface area contributed by atoms with Gasteiger partial charge in [0.25, 0.3) is 0 Å². The normalized spacial score (nSPS) is 13.3. The van der Waals surface area contributed by atoms with Crippen LogP contribution in [-0.4, -0.2) is 23.1 Å². The Morgan fingerprint density at radius 3 is 1.68 bits per heavy atom. The lowest BCUT2D eigenvalue weighted by atomic mass is 10.2. The summed E-state index contributed by atoms with van der Waals surface area (Å²) in [4.78, 5) is 10.1.